The molecule has 76 valence electrons. The van der Waals surface area contributed by atoms with Crippen molar-refractivity contribution in [3.63, 3.8) is 0 Å². The number of carbonyl (C=O) groups excluding carboxylic acids is 1. The first-order chi connectivity index (χ1) is 6.70. The molecule has 1 N–H and O–H groups in total. The molecule has 0 aliphatic rings. The average Bonchev–Trinajstić information content (AvgIpc) is 2.17. The van der Waals surface area contributed by atoms with Crippen LogP contribution in [0.15, 0.2) is 18.2 Å². The van der Waals surface area contributed by atoms with Gasteiger partial charge in [0.2, 0.25) is 0 Å². The zero-order valence-electron chi connectivity index (χ0n) is 7.46. The fourth-order valence-corrected chi connectivity index (χ4v) is 2.15. The van der Waals surface area contributed by atoms with E-state index in [0.717, 1.165) is 0 Å². The summed E-state index contributed by atoms with van der Waals surface area (Å²) < 4.78 is 0. The fraction of sp³-hybridized carbons (Fsp3) is 0.300. The molecule has 0 radical (unpaired) electrons. The second-order valence-corrected chi connectivity index (χ2v) is 4.15. The van der Waals surface area contributed by atoms with Crippen molar-refractivity contribution in [3.05, 3.63) is 29.3 Å². The number of carbonyl (C=O) groups is 1. The lowest BCUT2D eigenvalue weighted by Crippen LogP contribution is -2.03. The largest absolute Gasteiger partial charge is 0.508 e. The lowest BCUT2D eigenvalue weighted by atomic mass is 10.0. The zero-order valence-corrected chi connectivity index (χ0v) is 10.6. The maximum Gasteiger partial charge on any atom is 0.164 e. The number of ketones is 1. The minimum atomic E-state index is 0.0484. The Bertz CT molecular complexity index is 337. The number of rotatable bonds is 4. The number of phenols is 1. The Morgan fingerprint density at radius 3 is 2.64 bits per heavy atom. The minimum Gasteiger partial charge on any atom is -0.508 e. The van der Waals surface area contributed by atoms with Gasteiger partial charge < -0.3 is 5.11 Å². The Morgan fingerprint density at radius 2 is 2.07 bits per heavy atom. The number of hydrogen-bond acceptors (Lipinski definition) is 2. The van der Waals surface area contributed by atoms with Gasteiger partial charge in [0.1, 0.15) is 5.75 Å². The van der Waals surface area contributed by atoms with Crippen LogP contribution in [0.3, 0.4) is 0 Å². The van der Waals surface area contributed by atoms with Crippen molar-refractivity contribution in [1.82, 2.24) is 0 Å². The van der Waals surface area contributed by atoms with Crippen LogP contribution in [0.4, 0.5) is 0 Å². The highest BCUT2D eigenvalue weighted by atomic mass is 79.9. The third-order valence-electron chi connectivity index (χ3n) is 1.91. The van der Waals surface area contributed by atoms with E-state index in [4.69, 9.17) is 0 Å². The van der Waals surface area contributed by atoms with Gasteiger partial charge >= 0.3 is 0 Å². The van der Waals surface area contributed by atoms with Gasteiger partial charge in [-0.3, -0.25) is 4.79 Å². The van der Waals surface area contributed by atoms with Crippen molar-refractivity contribution < 1.29 is 9.90 Å². The van der Waals surface area contributed by atoms with Gasteiger partial charge in [0.05, 0.1) is 0 Å². The summed E-state index contributed by atoms with van der Waals surface area (Å²) in [4.78, 5) is 11.6. The fourth-order valence-electron chi connectivity index (χ4n) is 1.20. The molecule has 14 heavy (non-hydrogen) atoms. The monoisotopic (exact) mass is 320 g/mol. The summed E-state index contributed by atoms with van der Waals surface area (Å²) >= 11 is 6.47. The van der Waals surface area contributed by atoms with E-state index in [9.17, 15) is 9.90 Å². The van der Waals surface area contributed by atoms with Gasteiger partial charge in [-0.1, -0.05) is 44.0 Å². The lowest BCUT2D eigenvalue weighted by Gasteiger charge is -2.06. The van der Waals surface area contributed by atoms with Gasteiger partial charge in [0, 0.05) is 28.2 Å². The molecule has 0 saturated heterocycles. The summed E-state index contributed by atoms with van der Waals surface area (Å²) in [5, 5.41) is 10.6. The molecule has 1 aromatic carbocycles. The first kappa shape index (κ1) is 11.7. The summed E-state index contributed by atoms with van der Waals surface area (Å²) in [6, 6.07) is 5.01. The summed E-state index contributed by atoms with van der Waals surface area (Å²) in [5.41, 5.74) is 1.26. The van der Waals surface area contributed by atoms with Gasteiger partial charge in [0.15, 0.2) is 5.78 Å². The van der Waals surface area contributed by atoms with Crippen molar-refractivity contribution in [3.8, 4) is 5.75 Å². The number of benzene rings is 1. The maximum absolute atomic E-state index is 11.6. The molecule has 0 bridgehead atoms. The molecule has 4 heteroatoms. The highest BCUT2D eigenvalue weighted by Crippen LogP contribution is 2.24. The third kappa shape index (κ3) is 2.58. The number of alkyl halides is 2. The number of hydrogen-bond donors (Lipinski definition) is 1. The molecule has 0 aromatic heterocycles. The molecule has 0 unspecified atom stereocenters. The first-order valence-electron chi connectivity index (χ1n) is 4.16. The summed E-state index contributed by atoms with van der Waals surface area (Å²) in [6.45, 7) is 0. The normalized spacial score (nSPS) is 10.1. The molecule has 0 aliphatic heterocycles. The molecule has 1 rings (SSSR count). The number of Topliss-reactive ketones (excluding diaryl/α,β-unsaturated/α-hetero) is 1. The van der Waals surface area contributed by atoms with E-state index in [1.807, 2.05) is 0 Å². The Labute approximate surface area is 99.6 Å². The Morgan fingerprint density at radius 1 is 1.36 bits per heavy atom. The van der Waals surface area contributed by atoms with Crippen LogP contribution in [0.5, 0.6) is 5.75 Å². The first-order valence-corrected chi connectivity index (χ1v) is 6.41. The average molecular weight is 322 g/mol. The van der Waals surface area contributed by atoms with E-state index in [1.165, 1.54) is 0 Å². The summed E-state index contributed by atoms with van der Waals surface area (Å²) in [6.07, 6.45) is 0.448. The van der Waals surface area contributed by atoms with E-state index in [0.29, 0.717) is 28.2 Å². The SMILES string of the molecule is O=C(CCBr)c1cccc(O)c1CBr. The zero-order chi connectivity index (χ0) is 10.6. The molecule has 0 heterocycles. The van der Waals surface area contributed by atoms with Crippen molar-refractivity contribution in [2.45, 2.75) is 11.8 Å². The highest BCUT2D eigenvalue weighted by molar-refractivity contribution is 9.09. The second kappa shape index (κ2) is 5.51. The Kier molecular flexibility index (Phi) is 4.62. The molecule has 0 saturated carbocycles. The number of phenolic OH excluding ortho intramolecular Hbond substituents is 1. The molecule has 2 nitrogen and oxygen atoms in total. The van der Waals surface area contributed by atoms with Gasteiger partial charge in [-0.25, -0.2) is 0 Å². The topological polar surface area (TPSA) is 37.3 Å². The Hall–Kier alpha value is -0.350. The van der Waals surface area contributed by atoms with Crippen LogP contribution in [-0.4, -0.2) is 16.2 Å². The van der Waals surface area contributed by atoms with E-state index < -0.39 is 0 Å². The van der Waals surface area contributed by atoms with Crippen LogP contribution in [0, 0.1) is 0 Å². The lowest BCUT2D eigenvalue weighted by molar-refractivity contribution is 0.0989. The van der Waals surface area contributed by atoms with Crippen LogP contribution in [0.1, 0.15) is 22.3 Å². The van der Waals surface area contributed by atoms with E-state index in [2.05, 4.69) is 31.9 Å². The minimum absolute atomic E-state index is 0.0484. The Balaban J connectivity index is 3.07. The molecule has 0 amide bonds. The van der Waals surface area contributed by atoms with E-state index in [1.54, 1.807) is 18.2 Å². The van der Waals surface area contributed by atoms with Crippen LogP contribution >= 0.6 is 31.9 Å². The standard InChI is InChI=1S/C10H10Br2O2/c11-5-4-10(14)7-2-1-3-9(13)8(7)6-12/h1-3,13H,4-6H2. The smallest absolute Gasteiger partial charge is 0.164 e. The van der Waals surface area contributed by atoms with Crippen molar-refractivity contribution >= 4 is 37.6 Å². The number of aromatic hydroxyl groups is 1. The van der Waals surface area contributed by atoms with E-state index in [-0.39, 0.29) is 11.5 Å². The quantitative estimate of drug-likeness (QED) is 0.682. The molecular weight excluding hydrogens is 312 g/mol. The van der Waals surface area contributed by atoms with E-state index >= 15 is 0 Å². The molecule has 1 aromatic rings. The van der Waals surface area contributed by atoms with Crippen LogP contribution in [0.2, 0.25) is 0 Å². The molecule has 0 aliphatic carbocycles. The molecule has 0 spiro atoms. The van der Waals surface area contributed by atoms with Gasteiger partial charge in [-0.05, 0) is 6.07 Å². The third-order valence-corrected chi connectivity index (χ3v) is 2.86. The summed E-state index contributed by atoms with van der Waals surface area (Å²) in [7, 11) is 0. The molecule has 0 atom stereocenters. The molecular formula is C10H10Br2O2. The van der Waals surface area contributed by atoms with Crippen molar-refractivity contribution in [2.24, 2.45) is 0 Å². The maximum atomic E-state index is 11.6. The van der Waals surface area contributed by atoms with Crippen molar-refractivity contribution in [2.75, 3.05) is 5.33 Å². The predicted molar refractivity (Wildman–Crippen MR) is 63.5 cm³/mol. The highest BCUT2D eigenvalue weighted by Gasteiger charge is 2.12. The van der Waals surface area contributed by atoms with Crippen LogP contribution in [0.25, 0.3) is 0 Å². The van der Waals surface area contributed by atoms with Crippen LogP contribution < -0.4 is 0 Å². The van der Waals surface area contributed by atoms with Crippen LogP contribution in [-0.2, 0) is 5.33 Å². The van der Waals surface area contributed by atoms with Gasteiger partial charge in [0.25, 0.3) is 0 Å². The molecule has 0 fully saturated rings. The van der Waals surface area contributed by atoms with Gasteiger partial charge in [-0.15, -0.1) is 0 Å². The predicted octanol–water partition coefficient (Wildman–Crippen LogP) is 3.25. The second-order valence-electron chi connectivity index (χ2n) is 2.80. The van der Waals surface area contributed by atoms with Gasteiger partial charge in [-0.2, -0.15) is 0 Å². The summed E-state index contributed by atoms with van der Waals surface area (Å²) in [5.74, 6) is 0.217. The number of halogens is 2. The van der Waals surface area contributed by atoms with Crippen molar-refractivity contribution in [1.29, 1.82) is 0 Å².